The van der Waals surface area contributed by atoms with Gasteiger partial charge in [0, 0.05) is 27.7 Å². The van der Waals surface area contributed by atoms with E-state index in [1.54, 1.807) is 18.8 Å². The maximum Gasteiger partial charge on any atom is 0.191 e. The van der Waals surface area contributed by atoms with Gasteiger partial charge in [0.05, 0.1) is 13.2 Å². The maximum absolute atomic E-state index is 5.10. The lowest BCUT2D eigenvalue weighted by atomic mass is 10.1. The van der Waals surface area contributed by atoms with Gasteiger partial charge >= 0.3 is 0 Å². The van der Waals surface area contributed by atoms with E-state index in [0.29, 0.717) is 19.7 Å². The summed E-state index contributed by atoms with van der Waals surface area (Å²) in [6.07, 6.45) is 1.54. The number of ether oxygens (including phenoxy) is 1. The summed E-state index contributed by atoms with van der Waals surface area (Å²) >= 11 is 0. The molecule has 2 rings (SSSR count). The van der Waals surface area contributed by atoms with Crippen molar-refractivity contribution in [3.05, 3.63) is 47.5 Å². The lowest BCUT2D eigenvalue weighted by Gasteiger charge is -2.12. The van der Waals surface area contributed by atoms with E-state index in [1.807, 2.05) is 7.05 Å². The van der Waals surface area contributed by atoms with Crippen molar-refractivity contribution in [1.29, 1.82) is 0 Å². The minimum atomic E-state index is 0. The van der Waals surface area contributed by atoms with Crippen LogP contribution < -0.4 is 10.6 Å². The Bertz CT molecular complexity index is 611. The Labute approximate surface area is 153 Å². The number of hydrogen-bond acceptors (Lipinski definition) is 4. The first-order chi connectivity index (χ1) is 10.7. The zero-order valence-corrected chi connectivity index (χ0v) is 15.9. The summed E-state index contributed by atoms with van der Waals surface area (Å²) in [4.78, 5) is 8.36. The van der Waals surface area contributed by atoms with Gasteiger partial charge in [0.15, 0.2) is 5.96 Å². The van der Waals surface area contributed by atoms with Gasteiger partial charge in [-0.3, -0.25) is 9.67 Å². The number of hydrogen-bond donors (Lipinski definition) is 2. The highest BCUT2D eigenvalue weighted by molar-refractivity contribution is 14.0. The molecule has 8 heteroatoms. The predicted octanol–water partition coefficient (Wildman–Crippen LogP) is 1.44. The van der Waals surface area contributed by atoms with Crippen molar-refractivity contribution in [3.8, 4) is 0 Å². The summed E-state index contributed by atoms with van der Waals surface area (Å²) in [6.45, 7) is 1.91. The fourth-order valence-corrected chi connectivity index (χ4v) is 1.97. The smallest absolute Gasteiger partial charge is 0.191 e. The van der Waals surface area contributed by atoms with E-state index in [-0.39, 0.29) is 24.0 Å². The molecule has 0 spiro atoms. The van der Waals surface area contributed by atoms with E-state index < -0.39 is 0 Å². The molecule has 0 radical (unpaired) electrons. The van der Waals surface area contributed by atoms with Gasteiger partial charge in [0.1, 0.15) is 12.2 Å². The van der Waals surface area contributed by atoms with Gasteiger partial charge in [0.2, 0.25) is 0 Å². The van der Waals surface area contributed by atoms with Crippen LogP contribution in [0.1, 0.15) is 17.0 Å². The highest BCUT2D eigenvalue weighted by Crippen LogP contribution is 2.05. The number of aromatic nitrogens is 3. The molecule has 0 atom stereocenters. The molecular weight excluding hydrogens is 407 g/mol. The Kier molecular flexibility index (Phi) is 8.56. The summed E-state index contributed by atoms with van der Waals surface area (Å²) in [5.74, 6) is 1.58. The Morgan fingerprint density at radius 2 is 1.83 bits per heavy atom. The first kappa shape index (κ1) is 19.4. The number of rotatable bonds is 6. The molecule has 23 heavy (non-hydrogen) atoms. The second kappa shape index (κ2) is 10.2. The van der Waals surface area contributed by atoms with E-state index in [0.717, 1.165) is 17.3 Å². The molecule has 0 aliphatic carbocycles. The molecule has 1 heterocycles. The van der Waals surface area contributed by atoms with Gasteiger partial charge in [-0.1, -0.05) is 24.3 Å². The molecule has 2 N–H and O–H groups in total. The average molecular weight is 430 g/mol. The SMILES string of the molecule is CN=C(NCc1ccc(COC)cc1)NCc1ncnn1C.I. The fraction of sp³-hybridized carbons (Fsp3) is 0.400. The van der Waals surface area contributed by atoms with Crippen LogP contribution in [-0.2, 0) is 31.5 Å². The van der Waals surface area contributed by atoms with E-state index in [9.17, 15) is 0 Å². The highest BCUT2D eigenvalue weighted by Gasteiger charge is 2.03. The highest BCUT2D eigenvalue weighted by atomic mass is 127. The summed E-state index contributed by atoms with van der Waals surface area (Å²) < 4.78 is 6.83. The standard InChI is InChI=1S/C15H22N6O.HI/c1-16-15(18-9-14-19-11-20-21(14)2)17-8-12-4-6-13(7-5-12)10-22-3;/h4-7,11H,8-10H2,1-3H3,(H2,16,17,18);1H. The van der Waals surface area contributed by atoms with Crippen LogP contribution in [0.3, 0.4) is 0 Å². The Balaban J connectivity index is 0.00000264. The number of benzene rings is 1. The Hall–Kier alpha value is -1.68. The van der Waals surface area contributed by atoms with Crippen LogP contribution in [0.25, 0.3) is 0 Å². The van der Waals surface area contributed by atoms with Crippen LogP contribution in [0.5, 0.6) is 0 Å². The minimum absolute atomic E-state index is 0. The molecule has 2 aromatic rings. The van der Waals surface area contributed by atoms with Crippen molar-refractivity contribution in [1.82, 2.24) is 25.4 Å². The van der Waals surface area contributed by atoms with E-state index in [4.69, 9.17) is 4.74 Å². The predicted molar refractivity (Wildman–Crippen MR) is 101 cm³/mol. The van der Waals surface area contributed by atoms with Gasteiger partial charge in [0.25, 0.3) is 0 Å². The van der Waals surface area contributed by atoms with Crippen molar-refractivity contribution in [2.24, 2.45) is 12.0 Å². The number of halogens is 1. The number of nitrogens with zero attached hydrogens (tertiary/aromatic N) is 4. The van der Waals surface area contributed by atoms with Gasteiger partial charge in [-0.15, -0.1) is 24.0 Å². The maximum atomic E-state index is 5.10. The first-order valence-corrected chi connectivity index (χ1v) is 7.07. The third-order valence-corrected chi connectivity index (χ3v) is 3.24. The van der Waals surface area contributed by atoms with Crippen LogP contribution in [0.4, 0.5) is 0 Å². The Morgan fingerprint density at radius 1 is 1.17 bits per heavy atom. The normalized spacial score (nSPS) is 11.0. The molecule has 0 saturated carbocycles. The van der Waals surface area contributed by atoms with E-state index in [2.05, 4.69) is 50.0 Å². The summed E-state index contributed by atoms with van der Waals surface area (Å²) in [7, 11) is 5.30. The van der Waals surface area contributed by atoms with Gasteiger partial charge in [-0.2, -0.15) is 5.10 Å². The molecule has 0 amide bonds. The molecule has 0 saturated heterocycles. The van der Waals surface area contributed by atoms with Crippen molar-refractivity contribution >= 4 is 29.9 Å². The number of methoxy groups -OCH3 is 1. The van der Waals surface area contributed by atoms with Crippen LogP contribution in [-0.4, -0.2) is 34.9 Å². The topological polar surface area (TPSA) is 76.4 Å². The molecule has 1 aromatic heterocycles. The molecular formula is C15H23IN6O. The second-order valence-corrected chi connectivity index (χ2v) is 4.83. The Morgan fingerprint density at radius 3 is 2.39 bits per heavy atom. The zero-order valence-electron chi connectivity index (χ0n) is 13.6. The number of guanidine groups is 1. The zero-order chi connectivity index (χ0) is 15.8. The average Bonchev–Trinajstić information content (AvgIpc) is 2.94. The first-order valence-electron chi connectivity index (χ1n) is 7.07. The summed E-state index contributed by atoms with van der Waals surface area (Å²) in [5.41, 5.74) is 2.34. The van der Waals surface area contributed by atoms with Gasteiger partial charge < -0.3 is 15.4 Å². The molecule has 1 aromatic carbocycles. The second-order valence-electron chi connectivity index (χ2n) is 4.83. The van der Waals surface area contributed by atoms with Crippen LogP contribution in [0, 0.1) is 0 Å². The van der Waals surface area contributed by atoms with E-state index in [1.165, 1.54) is 11.9 Å². The van der Waals surface area contributed by atoms with Crippen LogP contribution in [0.15, 0.2) is 35.6 Å². The lowest BCUT2D eigenvalue weighted by Crippen LogP contribution is -2.36. The summed E-state index contributed by atoms with van der Waals surface area (Å²) in [6, 6.07) is 8.29. The molecule has 126 valence electrons. The van der Waals surface area contributed by atoms with Crippen molar-refractivity contribution < 1.29 is 4.74 Å². The number of aryl methyl sites for hydroxylation is 1. The third-order valence-electron chi connectivity index (χ3n) is 3.24. The molecule has 0 unspecified atom stereocenters. The minimum Gasteiger partial charge on any atom is -0.380 e. The largest absolute Gasteiger partial charge is 0.380 e. The van der Waals surface area contributed by atoms with Gasteiger partial charge in [-0.25, -0.2) is 4.98 Å². The monoisotopic (exact) mass is 430 g/mol. The van der Waals surface area contributed by atoms with Crippen LogP contribution in [0.2, 0.25) is 0 Å². The molecule has 0 aliphatic heterocycles. The lowest BCUT2D eigenvalue weighted by molar-refractivity contribution is 0.185. The van der Waals surface area contributed by atoms with Crippen molar-refractivity contribution in [2.45, 2.75) is 19.7 Å². The number of aliphatic imine (C=N–C) groups is 1. The molecule has 7 nitrogen and oxygen atoms in total. The molecule has 0 aliphatic rings. The fourth-order valence-electron chi connectivity index (χ4n) is 1.97. The number of nitrogens with one attached hydrogen (secondary N) is 2. The molecule has 0 bridgehead atoms. The van der Waals surface area contributed by atoms with Crippen molar-refractivity contribution in [3.63, 3.8) is 0 Å². The van der Waals surface area contributed by atoms with Crippen LogP contribution >= 0.6 is 24.0 Å². The molecule has 0 fully saturated rings. The summed E-state index contributed by atoms with van der Waals surface area (Å²) in [5, 5.41) is 10.5. The van der Waals surface area contributed by atoms with E-state index >= 15 is 0 Å². The van der Waals surface area contributed by atoms with Gasteiger partial charge in [-0.05, 0) is 11.1 Å². The quantitative estimate of drug-likeness (QED) is 0.412. The third kappa shape index (κ3) is 6.14. The van der Waals surface area contributed by atoms with Crippen molar-refractivity contribution in [2.75, 3.05) is 14.2 Å².